The molecule has 2 fully saturated rings. The molecule has 1 aromatic carbocycles. The zero-order valence-corrected chi connectivity index (χ0v) is 13.5. The SMILES string of the molecule is O=C1CCC(C(=O)N2CCN(C(=O)/C=C/c3ccccc3)CC2)N1. The van der Waals surface area contributed by atoms with E-state index in [4.69, 9.17) is 0 Å². The summed E-state index contributed by atoms with van der Waals surface area (Å²) in [6.45, 7) is 2.06. The molecule has 1 atom stereocenters. The Morgan fingerprint density at radius 1 is 1.04 bits per heavy atom. The van der Waals surface area contributed by atoms with E-state index >= 15 is 0 Å². The van der Waals surface area contributed by atoms with Gasteiger partial charge in [0.2, 0.25) is 17.7 Å². The zero-order valence-electron chi connectivity index (χ0n) is 13.5. The van der Waals surface area contributed by atoms with Crippen LogP contribution in [-0.4, -0.2) is 59.7 Å². The van der Waals surface area contributed by atoms with E-state index in [1.54, 1.807) is 22.0 Å². The second-order valence-electron chi connectivity index (χ2n) is 6.05. The molecule has 2 aliphatic heterocycles. The summed E-state index contributed by atoms with van der Waals surface area (Å²) in [7, 11) is 0. The number of nitrogens with one attached hydrogen (secondary N) is 1. The number of hydrogen-bond donors (Lipinski definition) is 1. The van der Waals surface area contributed by atoms with Crippen LogP contribution in [0.4, 0.5) is 0 Å². The van der Waals surface area contributed by atoms with E-state index in [1.807, 2.05) is 30.3 Å². The molecule has 6 nitrogen and oxygen atoms in total. The molecule has 3 rings (SSSR count). The van der Waals surface area contributed by atoms with Crippen LogP contribution in [-0.2, 0) is 14.4 Å². The predicted molar refractivity (Wildman–Crippen MR) is 89.8 cm³/mol. The smallest absolute Gasteiger partial charge is 0.246 e. The van der Waals surface area contributed by atoms with Gasteiger partial charge in [0.15, 0.2) is 0 Å². The molecule has 0 aromatic heterocycles. The monoisotopic (exact) mass is 327 g/mol. The average Bonchev–Trinajstić information content (AvgIpc) is 3.06. The maximum absolute atomic E-state index is 12.3. The summed E-state index contributed by atoms with van der Waals surface area (Å²) < 4.78 is 0. The quantitative estimate of drug-likeness (QED) is 0.829. The van der Waals surface area contributed by atoms with E-state index < -0.39 is 6.04 Å². The van der Waals surface area contributed by atoms with Gasteiger partial charge < -0.3 is 15.1 Å². The predicted octanol–water partition coefficient (Wildman–Crippen LogP) is 0.649. The van der Waals surface area contributed by atoms with Crippen molar-refractivity contribution in [2.75, 3.05) is 26.2 Å². The van der Waals surface area contributed by atoms with Crippen LogP contribution in [0.25, 0.3) is 6.08 Å². The van der Waals surface area contributed by atoms with E-state index in [2.05, 4.69) is 5.32 Å². The van der Waals surface area contributed by atoms with E-state index in [0.717, 1.165) is 5.56 Å². The van der Waals surface area contributed by atoms with Gasteiger partial charge in [-0.1, -0.05) is 30.3 Å². The molecule has 0 bridgehead atoms. The van der Waals surface area contributed by atoms with E-state index in [-0.39, 0.29) is 17.7 Å². The van der Waals surface area contributed by atoms with Crippen LogP contribution in [0.15, 0.2) is 36.4 Å². The lowest BCUT2D eigenvalue weighted by atomic mass is 10.1. The van der Waals surface area contributed by atoms with E-state index in [0.29, 0.717) is 39.0 Å². The standard InChI is InChI=1S/C18H21N3O3/c22-16-8-7-15(19-16)18(24)21-12-10-20(11-13-21)17(23)9-6-14-4-2-1-3-5-14/h1-6,9,15H,7-8,10-13H2,(H,19,22)/b9-6+. The summed E-state index contributed by atoms with van der Waals surface area (Å²) in [4.78, 5) is 39.3. The third-order valence-electron chi connectivity index (χ3n) is 4.41. The van der Waals surface area contributed by atoms with Crippen molar-refractivity contribution in [1.82, 2.24) is 15.1 Å². The van der Waals surface area contributed by atoms with Crippen LogP contribution < -0.4 is 5.32 Å². The molecule has 126 valence electrons. The first kappa shape index (κ1) is 16.2. The summed E-state index contributed by atoms with van der Waals surface area (Å²) in [6, 6.07) is 9.28. The lowest BCUT2D eigenvalue weighted by molar-refractivity contribution is -0.139. The lowest BCUT2D eigenvalue weighted by Crippen LogP contribution is -2.54. The Kier molecular flexibility index (Phi) is 4.93. The molecule has 0 spiro atoms. The summed E-state index contributed by atoms with van der Waals surface area (Å²) >= 11 is 0. The highest BCUT2D eigenvalue weighted by Gasteiger charge is 2.32. The molecule has 6 heteroatoms. The number of hydrogen-bond acceptors (Lipinski definition) is 3. The van der Waals surface area contributed by atoms with Crippen molar-refractivity contribution >= 4 is 23.8 Å². The van der Waals surface area contributed by atoms with Gasteiger partial charge in [-0.3, -0.25) is 14.4 Å². The number of piperazine rings is 1. The lowest BCUT2D eigenvalue weighted by Gasteiger charge is -2.35. The second kappa shape index (κ2) is 7.29. The molecule has 1 aromatic rings. The number of carbonyl (C=O) groups is 3. The van der Waals surface area contributed by atoms with Crippen LogP contribution >= 0.6 is 0 Å². The van der Waals surface area contributed by atoms with Crippen molar-refractivity contribution < 1.29 is 14.4 Å². The molecule has 1 N–H and O–H groups in total. The molecule has 0 radical (unpaired) electrons. The van der Waals surface area contributed by atoms with Gasteiger partial charge in [-0.05, 0) is 18.1 Å². The minimum absolute atomic E-state index is 0.0345. The van der Waals surface area contributed by atoms with Crippen molar-refractivity contribution in [3.8, 4) is 0 Å². The molecule has 24 heavy (non-hydrogen) atoms. The fourth-order valence-electron chi connectivity index (χ4n) is 3.00. The summed E-state index contributed by atoms with van der Waals surface area (Å²) in [6.07, 6.45) is 4.35. The van der Waals surface area contributed by atoms with E-state index in [1.165, 1.54) is 0 Å². The van der Waals surface area contributed by atoms with Crippen LogP contribution in [0.1, 0.15) is 18.4 Å². The molecule has 1 unspecified atom stereocenters. The Hall–Kier alpha value is -2.63. The number of carbonyl (C=O) groups excluding carboxylic acids is 3. The van der Waals surface area contributed by atoms with Crippen LogP contribution in [0.3, 0.4) is 0 Å². The van der Waals surface area contributed by atoms with Crippen molar-refractivity contribution in [3.05, 3.63) is 42.0 Å². The molecule has 2 aliphatic rings. The minimum Gasteiger partial charge on any atom is -0.344 e. The molecule has 3 amide bonds. The topological polar surface area (TPSA) is 69.7 Å². The highest BCUT2D eigenvalue weighted by molar-refractivity contribution is 5.93. The Bertz CT molecular complexity index is 649. The Balaban J connectivity index is 1.49. The number of rotatable bonds is 3. The Labute approximate surface area is 141 Å². The number of nitrogens with zero attached hydrogens (tertiary/aromatic N) is 2. The second-order valence-corrected chi connectivity index (χ2v) is 6.05. The van der Waals surface area contributed by atoms with Gasteiger partial charge in [-0.15, -0.1) is 0 Å². The maximum Gasteiger partial charge on any atom is 0.246 e. The maximum atomic E-state index is 12.3. The van der Waals surface area contributed by atoms with Crippen molar-refractivity contribution in [1.29, 1.82) is 0 Å². The first-order valence-electron chi connectivity index (χ1n) is 8.24. The van der Waals surface area contributed by atoms with Gasteiger partial charge in [0.25, 0.3) is 0 Å². The fourth-order valence-corrected chi connectivity index (χ4v) is 3.00. The molecule has 0 aliphatic carbocycles. The molecular formula is C18H21N3O3. The van der Waals surface area contributed by atoms with Crippen LogP contribution in [0.5, 0.6) is 0 Å². The Morgan fingerprint density at radius 2 is 1.71 bits per heavy atom. The van der Waals surface area contributed by atoms with Gasteiger partial charge in [0.1, 0.15) is 6.04 Å². The molecule has 2 saturated heterocycles. The number of amides is 3. The molecule has 2 heterocycles. The zero-order chi connectivity index (χ0) is 16.9. The van der Waals surface area contributed by atoms with Crippen molar-refractivity contribution in [2.24, 2.45) is 0 Å². The van der Waals surface area contributed by atoms with E-state index in [9.17, 15) is 14.4 Å². The van der Waals surface area contributed by atoms with Crippen molar-refractivity contribution in [3.63, 3.8) is 0 Å². The van der Waals surface area contributed by atoms with Gasteiger partial charge in [0.05, 0.1) is 0 Å². The van der Waals surface area contributed by atoms with Gasteiger partial charge in [-0.25, -0.2) is 0 Å². The minimum atomic E-state index is -0.391. The third-order valence-corrected chi connectivity index (χ3v) is 4.41. The van der Waals surface area contributed by atoms with Crippen LogP contribution in [0, 0.1) is 0 Å². The fraction of sp³-hybridized carbons (Fsp3) is 0.389. The summed E-state index contributed by atoms with van der Waals surface area (Å²) in [5, 5.41) is 2.70. The highest BCUT2D eigenvalue weighted by atomic mass is 16.2. The summed E-state index contributed by atoms with van der Waals surface area (Å²) in [5.74, 6) is -0.138. The van der Waals surface area contributed by atoms with Gasteiger partial charge in [0, 0.05) is 38.7 Å². The molecule has 0 saturated carbocycles. The molecular weight excluding hydrogens is 306 g/mol. The number of benzene rings is 1. The van der Waals surface area contributed by atoms with Gasteiger partial charge in [-0.2, -0.15) is 0 Å². The highest BCUT2D eigenvalue weighted by Crippen LogP contribution is 2.12. The van der Waals surface area contributed by atoms with Gasteiger partial charge >= 0.3 is 0 Å². The largest absolute Gasteiger partial charge is 0.344 e. The normalized spacial score (nSPS) is 21.2. The first-order valence-corrected chi connectivity index (χ1v) is 8.24. The average molecular weight is 327 g/mol. The first-order chi connectivity index (χ1) is 11.6. The summed E-state index contributed by atoms with van der Waals surface area (Å²) in [5.41, 5.74) is 0.983. The van der Waals surface area contributed by atoms with Crippen molar-refractivity contribution in [2.45, 2.75) is 18.9 Å². The van der Waals surface area contributed by atoms with Crippen LogP contribution in [0.2, 0.25) is 0 Å². The Morgan fingerprint density at radius 3 is 2.33 bits per heavy atom. The third kappa shape index (κ3) is 3.82.